The number of amides is 1. The normalized spacial score (nSPS) is 16.2. The number of benzene rings is 1. The summed E-state index contributed by atoms with van der Waals surface area (Å²) in [5, 5.41) is 2.44. The van der Waals surface area contributed by atoms with E-state index in [-0.39, 0.29) is 17.4 Å². The molecule has 1 aliphatic heterocycles. The van der Waals surface area contributed by atoms with Crippen molar-refractivity contribution in [3.05, 3.63) is 18.2 Å². The molecule has 6 heteroatoms. The van der Waals surface area contributed by atoms with Crippen LogP contribution in [0.4, 0.5) is 14.5 Å². The predicted molar refractivity (Wildman–Crippen MR) is 46.9 cm³/mol. The van der Waals surface area contributed by atoms with E-state index < -0.39 is 6.29 Å². The minimum Gasteiger partial charge on any atom is -0.395 e. The number of rotatable bonds is 1. The molecule has 1 amide bonds. The van der Waals surface area contributed by atoms with Crippen LogP contribution in [0.15, 0.2) is 18.2 Å². The zero-order valence-electron chi connectivity index (χ0n) is 7.71. The van der Waals surface area contributed by atoms with Gasteiger partial charge in [0.25, 0.3) is 0 Å². The first-order valence-corrected chi connectivity index (χ1v) is 4.14. The highest BCUT2D eigenvalue weighted by Crippen LogP contribution is 2.42. The third-order valence-electron chi connectivity index (χ3n) is 1.72. The van der Waals surface area contributed by atoms with Gasteiger partial charge in [0.15, 0.2) is 11.5 Å². The Balaban J connectivity index is 2.26. The Hall–Kier alpha value is -1.85. The van der Waals surface area contributed by atoms with E-state index in [1.807, 2.05) is 0 Å². The number of ether oxygens (including phenoxy) is 2. The van der Waals surface area contributed by atoms with E-state index >= 15 is 0 Å². The average molecular weight is 215 g/mol. The summed E-state index contributed by atoms with van der Waals surface area (Å²) < 4.78 is 33.6. The minimum absolute atomic E-state index is 0.0471. The molecule has 0 bridgehead atoms. The van der Waals surface area contributed by atoms with Crippen molar-refractivity contribution in [1.29, 1.82) is 0 Å². The zero-order chi connectivity index (χ0) is 11.1. The number of hydrogen-bond donors (Lipinski definition) is 1. The first-order chi connectivity index (χ1) is 6.96. The van der Waals surface area contributed by atoms with Gasteiger partial charge in [-0.3, -0.25) is 4.79 Å². The number of fused-ring (bicyclic) bond motifs is 1. The monoisotopic (exact) mass is 215 g/mol. The molecule has 0 aromatic heterocycles. The van der Waals surface area contributed by atoms with Gasteiger partial charge in [-0.05, 0) is 12.1 Å². The summed E-state index contributed by atoms with van der Waals surface area (Å²) in [5.41, 5.74) is 0.377. The fourth-order valence-electron chi connectivity index (χ4n) is 1.23. The Kier molecular flexibility index (Phi) is 1.99. The molecule has 1 aromatic carbocycles. The summed E-state index contributed by atoms with van der Waals surface area (Å²) in [6, 6.07) is 4.03. The third-order valence-corrected chi connectivity index (χ3v) is 1.72. The topological polar surface area (TPSA) is 47.6 Å². The van der Waals surface area contributed by atoms with E-state index in [2.05, 4.69) is 14.8 Å². The predicted octanol–water partition coefficient (Wildman–Crippen LogP) is 1.97. The van der Waals surface area contributed by atoms with Gasteiger partial charge in [0, 0.05) is 18.7 Å². The summed E-state index contributed by atoms with van der Waals surface area (Å²) in [5.74, 6) is -0.430. The molecule has 0 saturated carbocycles. The number of alkyl halides is 2. The van der Waals surface area contributed by atoms with E-state index in [0.29, 0.717) is 5.69 Å². The van der Waals surface area contributed by atoms with Crippen LogP contribution in [0.5, 0.6) is 11.5 Å². The Bertz CT molecular complexity index is 420. The van der Waals surface area contributed by atoms with Crippen molar-refractivity contribution in [2.75, 3.05) is 5.32 Å². The number of anilines is 1. The maximum absolute atomic E-state index is 12.6. The molecule has 80 valence electrons. The van der Waals surface area contributed by atoms with Gasteiger partial charge >= 0.3 is 6.29 Å². The summed E-state index contributed by atoms with van der Waals surface area (Å²) >= 11 is 0. The number of carbonyl (C=O) groups excluding carboxylic acids is 1. The second kappa shape index (κ2) is 3.08. The van der Waals surface area contributed by atoms with Crippen molar-refractivity contribution in [3.63, 3.8) is 0 Å². The quantitative estimate of drug-likeness (QED) is 0.779. The molecule has 1 aromatic rings. The molecule has 0 radical (unpaired) electrons. The van der Waals surface area contributed by atoms with Crippen molar-refractivity contribution in [2.45, 2.75) is 13.2 Å². The Morgan fingerprint density at radius 1 is 1.33 bits per heavy atom. The van der Waals surface area contributed by atoms with E-state index in [1.54, 1.807) is 0 Å². The van der Waals surface area contributed by atoms with Gasteiger partial charge in [-0.1, -0.05) is 0 Å². The van der Waals surface area contributed by atoms with Crippen molar-refractivity contribution < 1.29 is 23.0 Å². The van der Waals surface area contributed by atoms with Gasteiger partial charge in [0.05, 0.1) is 0 Å². The van der Waals surface area contributed by atoms with Crippen LogP contribution in [0.3, 0.4) is 0 Å². The van der Waals surface area contributed by atoms with Gasteiger partial charge < -0.3 is 14.8 Å². The van der Waals surface area contributed by atoms with E-state index in [0.717, 1.165) is 0 Å². The third kappa shape index (κ3) is 1.98. The smallest absolute Gasteiger partial charge is 0.395 e. The molecule has 1 aliphatic rings. The summed E-state index contributed by atoms with van der Waals surface area (Å²) in [7, 11) is 0. The number of halogens is 2. The van der Waals surface area contributed by atoms with Gasteiger partial charge in [-0.2, -0.15) is 0 Å². The molecule has 0 aliphatic carbocycles. The Morgan fingerprint density at radius 2 is 2.00 bits per heavy atom. The highest BCUT2D eigenvalue weighted by Gasteiger charge is 2.43. The largest absolute Gasteiger partial charge is 0.586 e. The lowest BCUT2D eigenvalue weighted by molar-refractivity contribution is -0.286. The van der Waals surface area contributed by atoms with Gasteiger partial charge in [0.1, 0.15) is 0 Å². The van der Waals surface area contributed by atoms with Crippen molar-refractivity contribution >= 4 is 11.6 Å². The number of nitrogens with one attached hydrogen (secondary N) is 1. The standard InChI is InChI=1S/C9H7F2NO3/c1-5(13)12-6-2-3-7-8(4-6)15-9(10,11)14-7/h2-4H,1H3,(H,12,13). The fraction of sp³-hybridized carbons (Fsp3) is 0.222. The van der Waals surface area contributed by atoms with Gasteiger partial charge in [-0.25, -0.2) is 0 Å². The Labute approximate surface area is 83.8 Å². The molecule has 0 spiro atoms. The molecule has 0 fully saturated rings. The van der Waals surface area contributed by atoms with Crippen LogP contribution >= 0.6 is 0 Å². The van der Waals surface area contributed by atoms with E-state index in [1.165, 1.54) is 25.1 Å². The van der Waals surface area contributed by atoms with Crippen LogP contribution in [0, 0.1) is 0 Å². The summed E-state index contributed by atoms with van der Waals surface area (Å²) in [6.07, 6.45) is -3.63. The van der Waals surface area contributed by atoms with Crippen molar-refractivity contribution in [3.8, 4) is 11.5 Å². The van der Waals surface area contributed by atoms with Crippen LogP contribution in [0.25, 0.3) is 0 Å². The first kappa shape index (κ1) is 9.70. The van der Waals surface area contributed by atoms with Crippen molar-refractivity contribution in [1.82, 2.24) is 0 Å². The molecule has 2 rings (SSSR count). The lowest BCUT2D eigenvalue weighted by Crippen LogP contribution is -2.25. The summed E-state index contributed by atoms with van der Waals surface area (Å²) in [6.45, 7) is 1.32. The van der Waals surface area contributed by atoms with Crippen molar-refractivity contribution in [2.24, 2.45) is 0 Å². The fourth-order valence-corrected chi connectivity index (χ4v) is 1.23. The number of carbonyl (C=O) groups is 1. The lowest BCUT2D eigenvalue weighted by Gasteiger charge is -2.04. The average Bonchev–Trinajstić information content (AvgIpc) is 2.36. The molecule has 0 atom stereocenters. The lowest BCUT2D eigenvalue weighted by atomic mass is 10.3. The second-order valence-electron chi connectivity index (χ2n) is 3.01. The highest BCUT2D eigenvalue weighted by atomic mass is 19.3. The maximum Gasteiger partial charge on any atom is 0.586 e. The SMILES string of the molecule is CC(=O)Nc1ccc2c(c1)OC(F)(F)O2. The molecule has 4 nitrogen and oxygen atoms in total. The zero-order valence-corrected chi connectivity index (χ0v) is 7.71. The number of hydrogen-bond acceptors (Lipinski definition) is 3. The molecule has 0 saturated heterocycles. The Morgan fingerprint density at radius 3 is 2.67 bits per heavy atom. The molecule has 0 unspecified atom stereocenters. The maximum atomic E-state index is 12.6. The van der Waals surface area contributed by atoms with Crippen LogP contribution in [-0.4, -0.2) is 12.2 Å². The molecule has 1 heterocycles. The second-order valence-corrected chi connectivity index (χ2v) is 3.01. The van der Waals surface area contributed by atoms with E-state index in [4.69, 9.17) is 0 Å². The molecule has 1 N–H and O–H groups in total. The van der Waals surface area contributed by atoms with Crippen LogP contribution in [0.2, 0.25) is 0 Å². The molecule has 15 heavy (non-hydrogen) atoms. The molecular formula is C9H7F2NO3. The van der Waals surface area contributed by atoms with Gasteiger partial charge in [-0.15, -0.1) is 8.78 Å². The molecular weight excluding hydrogens is 208 g/mol. The highest BCUT2D eigenvalue weighted by molar-refractivity contribution is 5.89. The van der Waals surface area contributed by atoms with Crippen LogP contribution in [0.1, 0.15) is 6.92 Å². The van der Waals surface area contributed by atoms with Crippen LogP contribution < -0.4 is 14.8 Å². The minimum atomic E-state index is -3.63. The van der Waals surface area contributed by atoms with E-state index in [9.17, 15) is 13.6 Å². The summed E-state index contributed by atoms with van der Waals surface area (Å²) in [4.78, 5) is 10.7. The van der Waals surface area contributed by atoms with Crippen LogP contribution in [-0.2, 0) is 4.79 Å². The first-order valence-electron chi connectivity index (χ1n) is 4.14. The van der Waals surface area contributed by atoms with Gasteiger partial charge in [0.2, 0.25) is 5.91 Å².